The minimum Gasteiger partial charge on any atom is -0.465 e. The Morgan fingerprint density at radius 3 is 2.50 bits per heavy atom. The molecule has 0 saturated heterocycles. The summed E-state index contributed by atoms with van der Waals surface area (Å²) in [6.07, 6.45) is -4.25. The number of rotatable bonds is 3. The Kier molecular flexibility index (Phi) is 6.22. The largest absolute Gasteiger partial charge is 0.465 e. The molecule has 0 aromatic carbocycles. The van der Waals surface area contributed by atoms with Gasteiger partial charge in [-0.1, -0.05) is 0 Å². The highest BCUT2D eigenvalue weighted by Crippen LogP contribution is 2.40. The predicted molar refractivity (Wildman–Crippen MR) is 123 cm³/mol. The van der Waals surface area contributed by atoms with Crippen molar-refractivity contribution >= 4 is 52.4 Å². The molecule has 10 nitrogen and oxygen atoms in total. The Morgan fingerprint density at radius 2 is 1.91 bits per heavy atom. The van der Waals surface area contributed by atoms with E-state index < -0.39 is 28.9 Å². The van der Waals surface area contributed by atoms with E-state index in [-0.39, 0.29) is 28.4 Å². The molecule has 1 aliphatic heterocycles. The summed E-state index contributed by atoms with van der Waals surface area (Å²) in [6.45, 7) is 3.50. The molecule has 2 aromatic heterocycles. The highest BCUT2D eigenvalue weighted by atomic mass is 32.1. The van der Waals surface area contributed by atoms with Crippen LogP contribution in [0.3, 0.4) is 0 Å². The van der Waals surface area contributed by atoms with Crippen molar-refractivity contribution in [3.05, 3.63) is 41.3 Å². The van der Waals surface area contributed by atoms with Crippen molar-refractivity contribution in [3.8, 4) is 0 Å². The number of aromatic nitrogens is 2. The number of carbonyl (C=O) groups excluding carboxylic acids is 1. The Labute approximate surface area is 197 Å². The molecule has 2 amide bonds. The van der Waals surface area contributed by atoms with Gasteiger partial charge in [0.2, 0.25) is 5.91 Å². The van der Waals surface area contributed by atoms with Crippen LogP contribution in [-0.2, 0) is 16.4 Å². The van der Waals surface area contributed by atoms with E-state index in [4.69, 9.17) is 17.6 Å². The summed E-state index contributed by atoms with van der Waals surface area (Å²) < 4.78 is 39.2. The fourth-order valence-electron chi connectivity index (χ4n) is 3.38. The van der Waals surface area contributed by atoms with Crippen molar-refractivity contribution in [2.24, 2.45) is 0 Å². The molecule has 2 aromatic rings. The molecule has 180 valence electrons. The first-order chi connectivity index (χ1) is 15.6. The number of hydrogen-bond donors (Lipinski definition) is 4. The minimum atomic E-state index is -4.73. The van der Waals surface area contributed by atoms with Crippen LogP contribution in [-0.4, -0.2) is 52.1 Å². The number of carbonyl (C=O) groups is 2. The Bertz CT molecular complexity index is 1220. The van der Waals surface area contributed by atoms with Gasteiger partial charge in [-0.2, -0.15) is 13.2 Å². The molecule has 3 rings (SSSR count). The maximum atomic E-state index is 13.1. The van der Waals surface area contributed by atoms with Crippen LogP contribution >= 0.6 is 12.2 Å². The number of thiocarbonyl (C=S) groups is 1. The number of halogens is 3. The monoisotopic (exact) mass is 495 g/mol. The fraction of sp³-hybridized carbons (Fsp3) is 0.300. The fourth-order valence-corrected chi connectivity index (χ4v) is 3.57. The number of likely N-dealkylation sites (N-methyl/N-ethyl adjacent to an activating group) is 1. The van der Waals surface area contributed by atoms with Crippen molar-refractivity contribution < 1.29 is 27.9 Å². The van der Waals surface area contributed by atoms with E-state index in [1.165, 1.54) is 11.1 Å². The van der Waals surface area contributed by atoms with Crippen LogP contribution in [0.4, 0.5) is 35.2 Å². The van der Waals surface area contributed by atoms with Crippen LogP contribution < -0.4 is 20.4 Å². The summed E-state index contributed by atoms with van der Waals surface area (Å²) in [5.41, 5.74) is -0.898. The van der Waals surface area contributed by atoms with Gasteiger partial charge in [0.05, 0.1) is 28.6 Å². The zero-order valence-electron chi connectivity index (χ0n) is 18.4. The highest BCUT2D eigenvalue weighted by molar-refractivity contribution is 7.80. The van der Waals surface area contributed by atoms with Crippen molar-refractivity contribution in [3.63, 3.8) is 0 Å². The first-order valence-electron chi connectivity index (χ1n) is 9.64. The molecule has 0 saturated carbocycles. The van der Waals surface area contributed by atoms with Crippen LogP contribution in [0.15, 0.2) is 24.5 Å². The molecule has 14 heteroatoms. The van der Waals surface area contributed by atoms with Gasteiger partial charge in [-0.05, 0) is 43.8 Å². The zero-order chi connectivity index (χ0) is 25.6. The second-order valence-electron chi connectivity index (χ2n) is 7.96. The first kappa shape index (κ1) is 24.8. The van der Waals surface area contributed by atoms with Gasteiger partial charge in [0, 0.05) is 20.3 Å². The van der Waals surface area contributed by atoms with E-state index in [1.54, 1.807) is 27.0 Å². The summed E-state index contributed by atoms with van der Waals surface area (Å²) in [7, 11) is 2.68. The maximum absolute atomic E-state index is 13.1. The minimum absolute atomic E-state index is 0.124. The lowest BCUT2D eigenvalue weighted by Gasteiger charge is -2.20. The summed E-state index contributed by atoms with van der Waals surface area (Å²) >= 11 is 5.13. The lowest BCUT2D eigenvalue weighted by atomic mass is 9.86. The van der Waals surface area contributed by atoms with Crippen LogP contribution in [0, 0.1) is 5.41 Å². The standard InChI is InChI=1S/C20H20F3N7O3S/c1-19(2)10-6-11(25-8-13(10)29(3)16(19)31)14(24)27-17(34)28-15-12(30(4)18(32)33)5-9(7-26-15)20(21,22)23/h5-8H,1-4H3,(H,32,33)(H3,24,26,27,28,34). The van der Waals surface area contributed by atoms with Crippen LogP contribution in [0.5, 0.6) is 0 Å². The lowest BCUT2D eigenvalue weighted by Crippen LogP contribution is -2.36. The highest BCUT2D eigenvalue weighted by Gasteiger charge is 2.42. The maximum Gasteiger partial charge on any atom is 0.417 e. The Balaban J connectivity index is 1.83. The Hall–Kier alpha value is -3.81. The zero-order valence-corrected chi connectivity index (χ0v) is 19.2. The molecule has 0 atom stereocenters. The van der Waals surface area contributed by atoms with Crippen molar-refractivity contribution in [2.45, 2.75) is 25.4 Å². The van der Waals surface area contributed by atoms with Crippen molar-refractivity contribution in [1.82, 2.24) is 15.3 Å². The second kappa shape index (κ2) is 8.52. The average Bonchev–Trinajstić information content (AvgIpc) is 2.92. The van der Waals surface area contributed by atoms with Crippen LogP contribution in [0.25, 0.3) is 0 Å². The number of carboxylic acid groups (broad SMARTS) is 1. The SMILES string of the molecule is CN1C(=O)C(C)(C)c2cc(C(=N)NC(=S)Nc3ncc(C(F)(F)F)cc3N(C)C(=O)O)ncc21. The molecular weight excluding hydrogens is 475 g/mol. The van der Waals surface area contributed by atoms with Gasteiger partial charge in [0.1, 0.15) is 5.69 Å². The number of nitrogens with zero attached hydrogens (tertiary/aromatic N) is 4. The number of anilines is 3. The van der Waals surface area contributed by atoms with Gasteiger partial charge < -0.3 is 20.6 Å². The number of pyridine rings is 2. The van der Waals surface area contributed by atoms with E-state index in [0.29, 0.717) is 28.4 Å². The van der Waals surface area contributed by atoms with Crippen molar-refractivity contribution in [2.75, 3.05) is 29.2 Å². The number of hydrogen-bond acceptors (Lipinski definition) is 6. The number of alkyl halides is 3. The Morgan fingerprint density at radius 1 is 1.26 bits per heavy atom. The van der Waals surface area contributed by atoms with E-state index in [1.807, 2.05) is 0 Å². The van der Waals surface area contributed by atoms with E-state index in [2.05, 4.69) is 20.6 Å². The molecule has 0 aliphatic carbocycles. The lowest BCUT2D eigenvalue weighted by molar-refractivity contribution is -0.137. The van der Waals surface area contributed by atoms with Gasteiger partial charge in [-0.25, -0.2) is 9.78 Å². The van der Waals surface area contributed by atoms with Crippen LogP contribution in [0.2, 0.25) is 0 Å². The number of amidine groups is 1. The van der Waals surface area contributed by atoms with E-state index in [0.717, 1.165) is 7.05 Å². The molecular formula is C20H20F3N7O3S. The number of amides is 2. The van der Waals surface area contributed by atoms with E-state index in [9.17, 15) is 27.9 Å². The van der Waals surface area contributed by atoms with Gasteiger partial charge >= 0.3 is 12.3 Å². The molecule has 0 spiro atoms. The summed E-state index contributed by atoms with van der Waals surface area (Å²) in [5.74, 6) is -0.641. The number of nitrogens with one attached hydrogen (secondary N) is 3. The summed E-state index contributed by atoms with van der Waals surface area (Å²) in [6, 6.07) is 2.20. The molecule has 0 fully saturated rings. The third-order valence-electron chi connectivity index (χ3n) is 5.33. The molecule has 34 heavy (non-hydrogen) atoms. The topological polar surface area (TPSA) is 135 Å². The third-order valence-corrected chi connectivity index (χ3v) is 5.53. The van der Waals surface area contributed by atoms with Gasteiger partial charge in [-0.15, -0.1) is 0 Å². The summed E-state index contributed by atoms with van der Waals surface area (Å²) in [5, 5.41) is 22.3. The molecule has 0 unspecified atom stereocenters. The third kappa shape index (κ3) is 4.48. The average molecular weight is 495 g/mol. The summed E-state index contributed by atoms with van der Waals surface area (Å²) in [4.78, 5) is 33.6. The smallest absolute Gasteiger partial charge is 0.417 e. The van der Waals surface area contributed by atoms with Gasteiger partial charge in [-0.3, -0.25) is 20.1 Å². The van der Waals surface area contributed by atoms with Gasteiger partial charge in [0.15, 0.2) is 16.8 Å². The quantitative estimate of drug-likeness (QED) is 0.290. The second-order valence-corrected chi connectivity index (χ2v) is 8.37. The molecule has 4 N–H and O–H groups in total. The van der Waals surface area contributed by atoms with Gasteiger partial charge in [0.25, 0.3) is 0 Å². The number of fused-ring (bicyclic) bond motifs is 1. The normalized spacial score (nSPS) is 14.4. The van der Waals surface area contributed by atoms with Crippen LogP contribution in [0.1, 0.15) is 30.7 Å². The molecule has 3 heterocycles. The van der Waals surface area contributed by atoms with E-state index >= 15 is 0 Å². The van der Waals surface area contributed by atoms with Crippen molar-refractivity contribution in [1.29, 1.82) is 5.41 Å². The molecule has 0 bridgehead atoms. The molecule has 1 aliphatic rings. The predicted octanol–water partition coefficient (Wildman–Crippen LogP) is 3.18. The first-order valence-corrected chi connectivity index (χ1v) is 10.0. The molecule has 0 radical (unpaired) electrons.